The number of ether oxygens (including phenoxy) is 1. The van der Waals surface area contributed by atoms with E-state index in [0.29, 0.717) is 17.8 Å². The van der Waals surface area contributed by atoms with Crippen molar-refractivity contribution < 1.29 is 22.7 Å². The molecule has 1 saturated carbocycles. The normalized spacial score (nSPS) is 17.6. The van der Waals surface area contributed by atoms with E-state index in [2.05, 4.69) is 11.1 Å². The van der Waals surface area contributed by atoms with Gasteiger partial charge in [-0.05, 0) is 47.7 Å². The molecule has 0 saturated heterocycles. The maximum absolute atomic E-state index is 13.7. The first kappa shape index (κ1) is 25.1. The summed E-state index contributed by atoms with van der Waals surface area (Å²) in [5, 5.41) is 3.60. The zero-order valence-electron chi connectivity index (χ0n) is 20.5. The fourth-order valence-corrected chi connectivity index (χ4v) is 5.28. The third-order valence-electron chi connectivity index (χ3n) is 7.17. The summed E-state index contributed by atoms with van der Waals surface area (Å²) < 4.78 is 45.5. The molecular formula is C30H29F3N2O2. The van der Waals surface area contributed by atoms with E-state index in [1.54, 1.807) is 5.01 Å². The summed E-state index contributed by atoms with van der Waals surface area (Å²) in [7, 11) is 0. The van der Waals surface area contributed by atoms with Crippen LogP contribution in [0.3, 0.4) is 0 Å². The van der Waals surface area contributed by atoms with E-state index in [1.165, 1.54) is 12.1 Å². The van der Waals surface area contributed by atoms with Gasteiger partial charge in [-0.1, -0.05) is 92.1 Å². The molecule has 3 aromatic rings. The molecule has 0 bridgehead atoms. The van der Waals surface area contributed by atoms with Crippen molar-refractivity contribution in [2.24, 2.45) is 0 Å². The van der Waals surface area contributed by atoms with Crippen LogP contribution in [0.15, 0.2) is 91.0 Å². The number of halogens is 3. The van der Waals surface area contributed by atoms with Crippen molar-refractivity contribution >= 4 is 11.8 Å². The number of hydrogen-bond donors (Lipinski definition) is 0. The fraction of sp³-hybridized carbons (Fsp3) is 0.300. The maximum atomic E-state index is 13.7. The molecule has 37 heavy (non-hydrogen) atoms. The third-order valence-corrected chi connectivity index (χ3v) is 7.17. The lowest BCUT2D eigenvalue weighted by Crippen LogP contribution is -2.53. The summed E-state index contributed by atoms with van der Waals surface area (Å²) in [6.07, 6.45) is 1.93. The van der Waals surface area contributed by atoms with Gasteiger partial charge in [-0.3, -0.25) is 0 Å². The Morgan fingerprint density at radius 3 is 2.00 bits per heavy atom. The second-order valence-electron chi connectivity index (χ2n) is 9.66. The largest absolute Gasteiger partial charge is 0.443 e. The molecule has 7 heteroatoms. The molecule has 0 unspecified atom stereocenters. The molecule has 0 aromatic heterocycles. The van der Waals surface area contributed by atoms with Crippen molar-refractivity contribution in [2.45, 2.75) is 57.0 Å². The molecule has 4 nitrogen and oxygen atoms in total. The second-order valence-corrected chi connectivity index (χ2v) is 9.66. The first-order valence-electron chi connectivity index (χ1n) is 12.6. The molecule has 0 atom stereocenters. The minimum atomic E-state index is -4.43. The molecule has 2 aliphatic rings. The molecule has 3 aromatic carbocycles. The average Bonchev–Trinajstić information content (AvgIpc) is 3.21. The van der Waals surface area contributed by atoms with E-state index in [1.807, 2.05) is 60.7 Å². The van der Waals surface area contributed by atoms with Crippen LogP contribution in [0.2, 0.25) is 0 Å². The Morgan fingerprint density at radius 1 is 0.811 bits per heavy atom. The smallest absolute Gasteiger partial charge is 0.429 e. The van der Waals surface area contributed by atoms with Crippen LogP contribution in [-0.2, 0) is 24.1 Å². The summed E-state index contributed by atoms with van der Waals surface area (Å²) in [5.74, 6) is 0. The topological polar surface area (TPSA) is 32.8 Å². The summed E-state index contributed by atoms with van der Waals surface area (Å²) in [4.78, 5) is 13.7. The fourth-order valence-electron chi connectivity index (χ4n) is 5.28. The Balaban J connectivity index is 1.53. The zero-order chi connectivity index (χ0) is 25.9. The first-order chi connectivity index (χ1) is 17.9. The number of alkyl halides is 3. The Kier molecular flexibility index (Phi) is 7.07. The molecule has 1 amide bonds. The monoisotopic (exact) mass is 506 g/mol. The standard InChI is InChI=1S/C30H29F3N2O2/c31-30(32,33)26-16-14-25(15-17-26)27-20-29(18-8-3-9-19-29)34(21-23-10-4-1-5-11-23)35(27)28(36)37-22-24-12-6-2-7-13-24/h1-2,4-7,10-17,20H,3,8-9,18-19,21-22H2. The van der Waals surface area contributed by atoms with Gasteiger partial charge in [0.1, 0.15) is 6.61 Å². The number of benzene rings is 3. The number of carbonyl (C=O) groups is 1. The van der Waals surface area contributed by atoms with E-state index in [4.69, 9.17) is 4.74 Å². The van der Waals surface area contributed by atoms with Crippen LogP contribution in [0.4, 0.5) is 18.0 Å². The highest BCUT2D eigenvalue weighted by Crippen LogP contribution is 2.46. The van der Waals surface area contributed by atoms with Crippen LogP contribution in [0.5, 0.6) is 0 Å². The number of hydrazine groups is 1. The Hall–Kier alpha value is -3.58. The molecule has 0 radical (unpaired) electrons. The van der Waals surface area contributed by atoms with Gasteiger partial charge in [0.25, 0.3) is 0 Å². The van der Waals surface area contributed by atoms with Crippen molar-refractivity contribution in [1.82, 2.24) is 10.0 Å². The predicted molar refractivity (Wildman–Crippen MR) is 136 cm³/mol. The summed E-state index contributed by atoms with van der Waals surface area (Å²) in [6, 6.07) is 24.3. The Labute approximate surface area is 214 Å². The van der Waals surface area contributed by atoms with Gasteiger partial charge in [0.15, 0.2) is 0 Å². The lowest BCUT2D eigenvalue weighted by Gasteiger charge is -2.43. The maximum Gasteiger partial charge on any atom is 0.429 e. The van der Waals surface area contributed by atoms with Crippen LogP contribution < -0.4 is 0 Å². The number of hydrogen-bond acceptors (Lipinski definition) is 3. The lowest BCUT2D eigenvalue weighted by molar-refractivity contribution is -0.137. The van der Waals surface area contributed by atoms with E-state index in [-0.39, 0.29) is 6.61 Å². The van der Waals surface area contributed by atoms with Crippen LogP contribution in [-0.4, -0.2) is 21.6 Å². The molecule has 1 heterocycles. The molecule has 0 N–H and O–H groups in total. The van der Waals surface area contributed by atoms with Crippen molar-refractivity contribution in [3.05, 3.63) is 113 Å². The van der Waals surface area contributed by atoms with Crippen molar-refractivity contribution in [1.29, 1.82) is 0 Å². The van der Waals surface area contributed by atoms with E-state index in [0.717, 1.165) is 55.4 Å². The van der Waals surface area contributed by atoms with Crippen molar-refractivity contribution in [2.75, 3.05) is 0 Å². The SMILES string of the molecule is O=C(OCc1ccccc1)N1C(c2ccc(C(F)(F)F)cc2)=CC2(CCCCC2)N1Cc1ccccc1. The van der Waals surface area contributed by atoms with E-state index in [9.17, 15) is 18.0 Å². The van der Waals surface area contributed by atoms with Crippen molar-refractivity contribution in [3.8, 4) is 0 Å². The molecule has 5 rings (SSSR count). The number of rotatable bonds is 5. The quantitative estimate of drug-likeness (QED) is 0.354. The van der Waals surface area contributed by atoms with Gasteiger partial charge in [-0.2, -0.15) is 18.2 Å². The van der Waals surface area contributed by atoms with Gasteiger partial charge in [0, 0.05) is 6.54 Å². The zero-order valence-corrected chi connectivity index (χ0v) is 20.5. The lowest BCUT2D eigenvalue weighted by atomic mass is 9.81. The number of carbonyl (C=O) groups excluding carboxylic acids is 1. The molecule has 1 spiro atoms. The summed E-state index contributed by atoms with van der Waals surface area (Å²) >= 11 is 0. The van der Waals surface area contributed by atoms with E-state index >= 15 is 0 Å². The minimum absolute atomic E-state index is 0.0998. The van der Waals surface area contributed by atoms with Crippen molar-refractivity contribution in [3.63, 3.8) is 0 Å². The third kappa shape index (κ3) is 5.42. The Morgan fingerprint density at radius 2 is 1.41 bits per heavy atom. The molecule has 1 fully saturated rings. The van der Waals surface area contributed by atoms with Gasteiger partial charge >= 0.3 is 12.3 Å². The molecule has 1 aliphatic carbocycles. The van der Waals surface area contributed by atoms with Crippen LogP contribution in [0, 0.1) is 0 Å². The minimum Gasteiger partial charge on any atom is -0.443 e. The first-order valence-corrected chi connectivity index (χ1v) is 12.6. The van der Waals surface area contributed by atoms with Gasteiger partial charge in [0.2, 0.25) is 0 Å². The Bertz CT molecular complexity index is 1240. The predicted octanol–water partition coefficient (Wildman–Crippen LogP) is 7.82. The summed E-state index contributed by atoms with van der Waals surface area (Å²) in [5.41, 5.74) is 1.86. The average molecular weight is 507 g/mol. The highest BCUT2D eigenvalue weighted by molar-refractivity contribution is 5.84. The van der Waals surface area contributed by atoms with Crippen LogP contribution in [0.25, 0.3) is 5.70 Å². The van der Waals surface area contributed by atoms with Gasteiger partial charge in [-0.15, -0.1) is 0 Å². The number of amides is 1. The molecule has 1 aliphatic heterocycles. The van der Waals surface area contributed by atoms with Crippen LogP contribution in [0.1, 0.15) is 54.4 Å². The van der Waals surface area contributed by atoms with Gasteiger partial charge < -0.3 is 4.74 Å². The summed E-state index contributed by atoms with van der Waals surface area (Å²) in [6.45, 7) is 0.574. The molecular weight excluding hydrogens is 477 g/mol. The van der Waals surface area contributed by atoms with Gasteiger partial charge in [-0.25, -0.2) is 9.80 Å². The molecule has 192 valence electrons. The van der Waals surface area contributed by atoms with Crippen LogP contribution >= 0.6 is 0 Å². The number of nitrogens with zero attached hydrogens (tertiary/aromatic N) is 2. The highest BCUT2D eigenvalue weighted by atomic mass is 19.4. The van der Waals surface area contributed by atoms with Gasteiger partial charge in [0.05, 0.1) is 16.8 Å². The highest BCUT2D eigenvalue weighted by Gasteiger charge is 2.48. The second kappa shape index (κ2) is 10.4. The van der Waals surface area contributed by atoms with E-state index < -0.39 is 23.4 Å².